The van der Waals surface area contributed by atoms with Gasteiger partial charge in [0.2, 0.25) is 11.8 Å². The third-order valence-electron chi connectivity index (χ3n) is 7.51. The Morgan fingerprint density at radius 2 is 1.71 bits per heavy atom. The van der Waals surface area contributed by atoms with Gasteiger partial charge >= 0.3 is 0 Å². The summed E-state index contributed by atoms with van der Waals surface area (Å²) in [5, 5.41) is 0. The number of carbonyl (C=O) groups excluding carboxylic acids is 2. The van der Waals surface area contributed by atoms with Crippen LogP contribution in [0.3, 0.4) is 0 Å². The number of hydrogen-bond acceptors (Lipinski definition) is 4. The summed E-state index contributed by atoms with van der Waals surface area (Å²) in [5.41, 5.74) is 2.24. The predicted octanol–water partition coefficient (Wildman–Crippen LogP) is 2.52. The Hall–Kier alpha value is -1.98. The minimum atomic E-state index is 0.157. The van der Waals surface area contributed by atoms with Gasteiger partial charge in [0, 0.05) is 63.1 Å². The third-order valence-corrected chi connectivity index (χ3v) is 7.51. The number of nitrogens with zero attached hydrogens (tertiary/aromatic N) is 4. The first kappa shape index (κ1) is 18.1. The quantitative estimate of drug-likeness (QED) is 0.788. The first-order chi connectivity index (χ1) is 13.6. The van der Waals surface area contributed by atoms with Crippen LogP contribution in [0, 0.1) is 17.8 Å². The van der Waals surface area contributed by atoms with Crippen LogP contribution in [0.5, 0.6) is 0 Å². The van der Waals surface area contributed by atoms with E-state index in [-0.39, 0.29) is 5.91 Å². The van der Waals surface area contributed by atoms with Crippen LogP contribution < -0.4 is 0 Å². The summed E-state index contributed by atoms with van der Waals surface area (Å²) in [4.78, 5) is 38.0. The first-order valence-electron chi connectivity index (χ1n) is 11.0. The topological polar surface area (TPSA) is 66.4 Å². The standard InChI is InChI=1S/C22H30N4O2/c1-14(27)25-9-6-15(7-10-25)21-23-12-16-13-26(11-8-19(16)24-21)22(28)20-17-4-2-3-5-18(17)20/h12,15,17-18,20H,2-11,13H2,1H3/t17-,18-/m0/s1. The molecule has 1 aromatic heterocycles. The van der Waals surface area contributed by atoms with E-state index in [4.69, 9.17) is 4.98 Å². The van der Waals surface area contributed by atoms with Gasteiger partial charge in [-0.25, -0.2) is 9.97 Å². The van der Waals surface area contributed by atoms with Crippen molar-refractivity contribution in [1.29, 1.82) is 0 Å². The van der Waals surface area contributed by atoms with Crippen LogP contribution in [-0.4, -0.2) is 51.2 Å². The van der Waals surface area contributed by atoms with E-state index in [2.05, 4.69) is 9.88 Å². The van der Waals surface area contributed by atoms with Gasteiger partial charge in [-0.05, 0) is 37.5 Å². The molecule has 0 aromatic carbocycles. The fraction of sp³-hybridized carbons (Fsp3) is 0.727. The summed E-state index contributed by atoms with van der Waals surface area (Å²) < 4.78 is 0. The van der Waals surface area contributed by atoms with Crippen LogP contribution >= 0.6 is 0 Å². The normalized spacial score (nSPS) is 29.8. The fourth-order valence-electron chi connectivity index (χ4n) is 5.74. The molecule has 6 nitrogen and oxygen atoms in total. The maximum absolute atomic E-state index is 13.0. The van der Waals surface area contributed by atoms with Crippen LogP contribution in [0.1, 0.15) is 68.4 Å². The molecule has 0 bridgehead atoms. The highest BCUT2D eigenvalue weighted by Gasteiger charge is 2.55. The summed E-state index contributed by atoms with van der Waals surface area (Å²) in [6.45, 7) is 4.70. The van der Waals surface area contributed by atoms with E-state index in [1.165, 1.54) is 25.7 Å². The minimum absolute atomic E-state index is 0.157. The molecule has 150 valence electrons. The van der Waals surface area contributed by atoms with Gasteiger partial charge in [0.1, 0.15) is 5.82 Å². The summed E-state index contributed by atoms with van der Waals surface area (Å²) in [6.07, 6.45) is 9.77. The highest BCUT2D eigenvalue weighted by molar-refractivity contribution is 5.82. The van der Waals surface area contributed by atoms with E-state index in [1.54, 1.807) is 6.92 Å². The van der Waals surface area contributed by atoms with E-state index < -0.39 is 0 Å². The van der Waals surface area contributed by atoms with Crippen molar-refractivity contribution in [2.45, 2.75) is 64.3 Å². The molecule has 3 fully saturated rings. The molecule has 6 heteroatoms. The molecule has 0 radical (unpaired) electrons. The van der Waals surface area contributed by atoms with Gasteiger partial charge in [0.15, 0.2) is 0 Å². The molecule has 2 atom stereocenters. The largest absolute Gasteiger partial charge is 0.343 e. The molecular weight excluding hydrogens is 352 g/mol. The van der Waals surface area contributed by atoms with Gasteiger partial charge in [-0.1, -0.05) is 12.8 Å². The molecule has 2 aliphatic carbocycles. The van der Waals surface area contributed by atoms with Gasteiger partial charge < -0.3 is 9.80 Å². The Bertz CT molecular complexity index is 775. The highest BCUT2D eigenvalue weighted by atomic mass is 16.2. The molecule has 2 amide bonds. The van der Waals surface area contributed by atoms with E-state index in [0.717, 1.165) is 56.0 Å². The molecule has 0 N–H and O–H groups in total. The average Bonchev–Trinajstić information content (AvgIpc) is 3.47. The molecule has 2 saturated carbocycles. The van der Waals surface area contributed by atoms with Gasteiger partial charge in [-0.15, -0.1) is 0 Å². The second-order valence-electron chi connectivity index (χ2n) is 9.13. The van der Waals surface area contributed by atoms with Crippen LogP contribution in [0.4, 0.5) is 0 Å². The van der Waals surface area contributed by atoms with Crippen LogP contribution in [0.2, 0.25) is 0 Å². The lowest BCUT2D eigenvalue weighted by molar-refractivity contribution is -0.134. The number of piperidine rings is 1. The molecule has 0 unspecified atom stereocenters. The Kier molecular flexibility index (Phi) is 4.60. The molecule has 28 heavy (non-hydrogen) atoms. The number of aromatic nitrogens is 2. The van der Waals surface area contributed by atoms with Crippen LogP contribution in [-0.2, 0) is 22.6 Å². The minimum Gasteiger partial charge on any atom is -0.343 e. The van der Waals surface area contributed by atoms with E-state index in [9.17, 15) is 9.59 Å². The number of rotatable bonds is 2. The van der Waals surface area contributed by atoms with Crippen molar-refractivity contribution < 1.29 is 9.59 Å². The lowest BCUT2D eigenvalue weighted by Crippen LogP contribution is -2.38. The summed E-state index contributed by atoms with van der Waals surface area (Å²) in [5.74, 6) is 3.44. The summed E-state index contributed by atoms with van der Waals surface area (Å²) in [7, 11) is 0. The number of carbonyl (C=O) groups is 2. The fourth-order valence-corrected chi connectivity index (χ4v) is 5.74. The molecule has 4 aliphatic rings. The Morgan fingerprint density at radius 3 is 2.39 bits per heavy atom. The maximum Gasteiger partial charge on any atom is 0.226 e. The first-order valence-corrected chi connectivity index (χ1v) is 11.0. The molecule has 1 saturated heterocycles. The second-order valence-corrected chi connectivity index (χ2v) is 9.13. The molecule has 0 spiro atoms. The van der Waals surface area contributed by atoms with Crippen molar-refractivity contribution in [3.05, 3.63) is 23.3 Å². The van der Waals surface area contributed by atoms with Crippen molar-refractivity contribution >= 4 is 11.8 Å². The van der Waals surface area contributed by atoms with Gasteiger partial charge in [0.05, 0.1) is 5.69 Å². The van der Waals surface area contributed by atoms with Crippen molar-refractivity contribution in [3.63, 3.8) is 0 Å². The molecule has 3 heterocycles. The van der Waals surface area contributed by atoms with Crippen molar-refractivity contribution in [1.82, 2.24) is 19.8 Å². The van der Waals surface area contributed by atoms with E-state index >= 15 is 0 Å². The molecule has 1 aromatic rings. The van der Waals surface area contributed by atoms with Crippen molar-refractivity contribution in [3.8, 4) is 0 Å². The molecule has 2 aliphatic heterocycles. The maximum atomic E-state index is 13.0. The predicted molar refractivity (Wildman–Crippen MR) is 104 cm³/mol. The lowest BCUT2D eigenvalue weighted by atomic mass is 9.95. The summed E-state index contributed by atoms with van der Waals surface area (Å²) >= 11 is 0. The van der Waals surface area contributed by atoms with Crippen LogP contribution in [0.15, 0.2) is 6.20 Å². The van der Waals surface area contributed by atoms with E-state index in [0.29, 0.717) is 36.1 Å². The zero-order valence-corrected chi connectivity index (χ0v) is 16.8. The van der Waals surface area contributed by atoms with Gasteiger partial charge in [-0.3, -0.25) is 9.59 Å². The SMILES string of the molecule is CC(=O)N1CCC(c2ncc3c(n2)CCN(C(=O)C2[C@H]4CCCC[C@H]24)C3)CC1. The van der Waals surface area contributed by atoms with Gasteiger partial charge in [-0.2, -0.15) is 0 Å². The van der Waals surface area contributed by atoms with E-state index in [1.807, 2.05) is 11.1 Å². The lowest BCUT2D eigenvalue weighted by Gasteiger charge is -2.32. The zero-order valence-electron chi connectivity index (χ0n) is 16.8. The number of hydrogen-bond donors (Lipinski definition) is 0. The summed E-state index contributed by atoms with van der Waals surface area (Å²) in [6, 6.07) is 0. The Labute approximate surface area is 166 Å². The Morgan fingerprint density at radius 1 is 1.00 bits per heavy atom. The molecule has 5 rings (SSSR count). The Balaban J connectivity index is 1.23. The highest BCUT2D eigenvalue weighted by Crippen LogP contribution is 2.56. The third kappa shape index (κ3) is 3.20. The average molecular weight is 383 g/mol. The smallest absolute Gasteiger partial charge is 0.226 e. The monoisotopic (exact) mass is 382 g/mol. The number of amides is 2. The van der Waals surface area contributed by atoms with Crippen molar-refractivity contribution in [2.24, 2.45) is 17.8 Å². The number of likely N-dealkylation sites (tertiary alicyclic amines) is 1. The molecular formula is C22H30N4O2. The van der Waals surface area contributed by atoms with Crippen molar-refractivity contribution in [2.75, 3.05) is 19.6 Å². The van der Waals surface area contributed by atoms with Crippen LogP contribution in [0.25, 0.3) is 0 Å². The number of fused-ring (bicyclic) bond motifs is 2. The van der Waals surface area contributed by atoms with Gasteiger partial charge in [0.25, 0.3) is 0 Å². The zero-order chi connectivity index (χ0) is 19.3. The second kappa shape index (κ2) is 7.12.